The van der Waals surface area contributed by atoms with Gasteiger partial charge in [0.1, 0.15) is 5.92 Å². The minimum absolute atomic E-state index is 0.0911. The maximum Gasteiger partial charge on any atom is 0.316 e. The van der Waals surface area contributed by atoms with Gasteiger partial charge in [0, 0.05) is 33.8 Å². The zero-order valence-corrected chi connectivity index (χ0v) is 18.6. The highest BCUT2D eigenvalue weighted by molar-refractivity contribution is 9.10. The minimum Gasteiger partial charge on any atom is -0.462 e. The highest BCUT2D eigenvalue weighted by Gasteiger charge is 2.47. The number of hydrogen-bond acceptors (Lipinski definition) is 4. The summed E-state index contributed by atoms with van der Waals surface area (Å²) in [6.45, 7) is 12.2. The van der Waals surface area contributed by atoms with E-state index in [1.807, 2.05) is 38.1 Å². The van der Waals surface area contributed by atoms with Crippen molar-refractivity contribution in [2.45, 2.75) is 59.0 Å². The van der Waals surface area contributed by atoms with E-state index in [0.29, 0.717) is 17.7 Å². The first-order valence-electron chi connectivity index (χ1n) is 9.81. The molecule has 0 aromatic heterocycles. The van der Waals surface area contributed by atoms with Gasteiger partial charge in [-0.2, -0.15) is 0 Å². The summed E-state index contributed by atoms with van der Waals surface area (Å²) in [6.07, 6.45) is 1.77. The predicted octanol–water partition coefficient (Wildman–Crippen LogP) is 5.25. The van der Waals surface area contributed by atoms with Crippen LogP contribution >= 0.6 is 15.9 Å². The second kappa shape index (κ2) is 7.86. The third kappa shape index (κ3) is 3.95. The summed E-state index contributed by atoms with van der Waals surface area (Å²) in [5.41, 5.74) is 2.98. The van der Waals surface area contributed by atoms with Crippen LogP contribution in [0, 0.1) is 11.3 Å². The van der Waals surface area contributed by atoms with Crippen LogP contribution in [0.2, 0.25) is 0 Å². The molecule has 0 radical (unpaired) electrons. The van der Waals surface area contributed by atoms with Crippen LogP contribution in [0.25, 0.3) is 0 Å². The molecule has 150 valence electrons. The molecule has 4 nitrogen and oxygen atoms in total. The quantitative estimate of drug-likeness (QED) is 0.642. The van der Waals surface area contributed by atoms with Gasteiger partial charge in [0.05, 0.1) is 6.10 Å². The second-order valence-electron chi connectivity index (χ2n) is 8.62. The van der Waals surface area contributed by atoms with Crippen molar-refractivity contribution in [2.75, 3.05) is 0 Å². The Balaban J connectivity index is 2.14. The van der Waals surface area contributed by atoms with E-state index in [-0.39, 0.29) is 23.3 Å². The number of ketones is 1. The maximum atomic E-state index is 13.2. The number of ether oxygens (including phenoxy) is 1. The third-order valence-corrected chi connectivity index (χ3v) is 6.36. The van der Waals surface area contributed by atoms with E-state index in [2.05, 4.69) is 41.7 Å². The fraction of sp³-hybridized carbons (Fsp3) is 0.478. The largest absolute Gasteiger partial charge is 0.462 e. The molecule has 0 spiro atoms. The number of halogens is 1. The van der Waals surface area contributed by atoms with E-state index in [9.17, 15) is 9.59 Å². The number of allylic oxidation sites excluding steroid dienone is 2. The van der Waals surface area contributed by atoms with Gasteiger partial charge >= 0.3 is 5.97 Å². The molecule has 0 fully saturated rings. The summed E-state index contributed by atoms with van der Waals surface area (Å²) >= 11 is 3.62. The van der Waals surface area contributed by atoms with Gasteiger partial charge in [-0.15, -0.1) is 0 Å². The lowest BCUT2D eigenvalue weighted by molar-refractivity contribution is -0.152. The van der Waals surface area contributed by atoms with Crippen molar-refractivity contribution in [2.24, 2.45) is 11.3 Å². The second-order valence-corrected chi connectivity index (χ2v) is 9.47. The first-order chi connectivity index (χ1) is 13.1. The highest BCUT2D eigenvalue weighted by atomic mass is 79.9. The number of hydrogen-bond donors (Lipinski definition) is 1. The third-order valence-electron chi connectivity index (χ3n) is 5.64. The molecule has 3 unspecified atom stereocenters. The van der Waals surface area contributed by atoms with Crippen molar-refractivity contribution >= 4 is 27.7 Å². The molecule has 1 aromatic rings. The lowest BCUT2D eigenvalue weighted by atomic mass is 9.66. The first-order valence-corrected chi connectivity index (χ1v) is 10.6. The first kappa shape index (κ1) is 20.8. The van der Waals surface area contributed by atoms with Gasteiger partial charge in [-0.05, 0) is 36.8 Å². The molecule has 1 aromatic carbocycles. The smallest absolute Gasteiger partial charge is 0.316 e. The van der Waals surface area contributed by atoms with Crippen LogP contribution in [-0.2, 0) is 14.3 Å². The van der Waals surface area contributed by atoms with Crippen LogP contribution in [0.5, 0.6) is 0 Å². The average molecular weight is 446 g/mol. The molecule has 1 aliphatic heterocycles. The number of carbonyl (C=O) groups is 2. The van der Waals surface area contributed by atoms with Gasteiger partial charge in [-0.25, -0.2) is 0 Å². The van der Waals surface area contributed by atoms with Crippen LogP contribution in [0.4, 0.5) is 0 Å². The Bertz CT molecular complexity index is 855. The summed E-state index contributed by atoms with van der Waals surface area (Å²) in [4.78, 5) is 26.3. The molecular weight excluding hydrogens is 418 g/mol. The molecule has 0 amide bonds. The topological polar surface area (TPSA) is 55.4 Å². The van der Waals surface area contributed by atoms with Crippen LogP contribution < -0.4 is 5.32 Å². The zero-order valence-electron chi connectivity index (χ0n) is 17.0. The minimum atomic E-state index is -0.642. The molecular formula is C23H28BrNO3. The molecule has 3 atom stereocenters. The zero-order chi connectivity index (χ0) is 20.6. The fourth-order valence-electron chi connectivity index (χ4n) is 4.14. The normalized spacial score (nSPS) is 25.0. The van der Waals surface area contributed by atoms with E-state index < -0.39 is 11.8 Å². The fourth-order valence-corrected chi connectivity index (χ4v) is 4.67. The van der Waals surface area contributed by atoms with Crippen molar-refractivity contribution in [3.05, 3.63) is 57.8 Å². The van der Waals surface area contributed by atoms with Crippen molar-refractivity contribution in [1.29, 1.82) is 0 Å². The van der Waals surface area contributed by atoms with E-state index in [0.717, 1.165) is 28.6 Å². The molecule has 0 saturated heterocycles. The Morgan fingerprint density at radius 2 is 2.04 bits per heavy atom. The monoisotopic (exact) mass is 445 g/mol. The number of rotatable bonds is 4. The van der Waals surface area contributed by atoms with Crippen molar-refractivity contribution < 1.29 is 14.3 Å². The SMILES string of the molecule is C=C1NC2=C(C(=O)CC(C)(C)C2)C(c2ccccc2Br)C1C(=O)OC(C)CC. The Morgan fingerprint density at radius 1 is 1.36 bits per heavy atom. The summed E-state index contributed by atoms with van der Waals surface area (Å²) in [5.74, 6) is -1.29. The van der Waals surface area contributed by atoms with Crippen molar-refractivity contribution in [1.82, 2.24) is 5.32 Å². The van der Waals surface area contributed by atoms with Crippen LogP contribution in [-0.4, -0.2) is 17.9 Å². The van der Waals surface area contributed by atoms with Crippen LogP contribution in [0.3, 0.4) is 0 Å². The van der Waals surface area contributed by atoms with Crippen molar-refractivity contribution in [3.63, 3.8) is 0 Å². The van der Waals surface area contributed by atoms with E-state index in [1.54, 1.807) is 0 Å². The molecule has 5 heteroatoms. The maximum absolute atomic E-state index is 13.2. The lowest BCUT2D eigenvalue weighted by Crippen LogP contribution is -2.44. The number of benzene rings is 1. The van der Waals surface area contributed by atoms with Gasteiger partial charge in [0.25, 0.3) is 0 Å². The molecule has 0 saturated carbocycles. The summed E-state index contributed by atoms with van der Waals surface area (Å²) in [6, 6.07) is 7.76. The van der Waals surface area contributed by atoms with Crippen LogP contribution in [0.15, 0.2) is 52.3 Å². The Morgan fingerprint density at radius 3 is 2.68 bits per heavy atom. The molecule has 1 N–H and O–H groups in total. The van der Waals surface area contributed by atoms with Gasteiger partial charge in [0.15, 0.2) is 5.78 Å². The van der Waals surface area contributed by atoms with E-state index in [4.69, 9.17) is 4.74 Å². The van der Waals surface area contributed by atoms with Gasteiger partial charge < -0.3 is 10.1 Å². The summed E-state index contributed by atoms with van der Waals surface area (Å²) < 4.78 is 6.54. The standard InChI is InChI=1S/C23H28BrNO3/c1-6-13(2)28-22(27)19-14(3)25-17-11-23(4,5)12-18(26)21(17)20(19)15-9-7-8-10-16(15)24/h7-10,13,19-20,25H,3,6,11-12H2,1-2,4-5H3. The number of nitrogens with one attached hydrogen (secondary N) is 1. The molecule has 28 heavy (non-hydrogen) atoms. The molecule has 3 rings (SSSR count). The van der Waals surface area contributed by atoms with Crippen molar-refractivity contribution in [3.8, 4) is 0 Å². The number of esters is 1. The van der Waals surface area contributed by atoms with E-state index >= 15 is 0 Å². The summed E-state index contributed by atoms with van der Waals surface area (Å²) in [7, 11) is 0. The molecule has 2 aliphatic rings. The highest BCUT2D eigenvalue weighted by Crippen LogP contribution is 2.49. The predicted molar refractivity (Wildman–Crippen MR) is 114 cm³/mol. The Labute approximate surface area is 175 Å². The average Bonchev–Trinajstić information content (AvgIpc) is 2.59. The van der Waals surface area contributed by atoms with E-state index in [1.165, 1.54) is 0 Å². The van der Waals surface area contributed by atoms with Crippen LogP contribution in [0.1, 0.15) is 58.4 Å². The van der Waals surface area contributed by atoms with Gasteiger partial charge in [-0.3, -0.25) is 9.59 Å². The Hall–Kier alpha value is -1.88. The molecule has 1 heterocycles. The van der Waals surface area contributed by atoms with Gasteiger partial charge in [-0.1, -0.05) is 61.5 Å². The molecule has 1 aliphatic carbocycles. The van der Waals surface area contributed by atoms with Gasteiger partial charge in [0.2, 0.25) is 0 Å². The number of Topliss-reactive ketones (excluding diaryl/α,β-unsaturated/α-hetero) is 1. The molecule has 0 bridgehead atoms. The summed E-state index contributed by atoms with van der Waals surface area (Å²) in [5, 5.41) is 3.29. The number of carbonyl (C=O) groups excluding carboxylic acids is 2. The lowest BCUT2D eigenvalue weighted by Gasteiger charge is -2.42. The Kier molecular flexibility index (Phi) is 5.85.